The van der Waals surface area contributed by atoms with Crippen LogP contribution < -0.4 is 9.21 Å². The number of carbonyl (C=O) groups excluding carboxylic acids is 1. The van der Waals surface area contributed by atoms with Crippen LogP contribution in [0.2, 0.25) is 0 Å². The first-order chi connectivity index (χ1) is 14.7. The number of fused-ring (bicyclic) bond motifs is 1. The summed E-state index contributed by atoms with van der Waals surface area (Å²) in [6.45, 7) is 5.79. The van der Waals surface area contributed by atoms with Gasteiger partial charge >= 0.3 is 0 Å². The first-order valence-corrected chi connectivity index (χ1v) is 11.7. The van der Waals surface area contributed by atoms with Crippen molar-refractivity contribution in [2.75, 3.05) is 16.3 Å². The summed E-state index contributed by atoms with van der Waals surface area (Å²) in [5.41, 5.74) is 4.80. The Hall–Kier alpha value is -3.12. The van der Waals surface area contributed by atoms with E-state index >= 15 is 0 Å². The van der Waals surface area contributed by atoms with Crippen molar-refractivity contribution in [1.29, 1.82) is 0 Å². The maximum Gasteiger partial charge on any atom is 0.264 e. The standard InChI is InChI=1S/C25H26N2O3S/c1-17-9-13-22(14-10-17)31(29,30)26(4)24-16-21(12-11-18(24)2)25(28)27-19(3)15-20-7-5-6-8-23(20)27/h5-14,16,19H,15H2,1-4H3/t19-/m0/s1. The van der Waals surface area contributed by atoms with Crippen LogP contribution >= 0.6 is 0 Å². The summed E-state index contributed by atoms with van der Waals surface area (Å²) >= 11 is 0. The third kappa shape index (κ3) is 3.72. The van der Waals surface area contributed by atoms with Gasteiger partial charge in [0.25, 0.3) is 15.9 Å². The minimum absolute atomic E-state index is 0.0451. The number of aryl methyl sites for hydroxylation is 2. The zero-order valence-corrected chi connectivity index (χ0v) is 19.0. The molecule has 6 heteroatoms. The van der Waals surface area contributed by atoms with Gasteiger partial charge in [0.2, 0.25) is 0 Å². The highest BCUT2D eigenvalue weighted by Crippen LogP contribution is 2.34. The lowest BCUT2D eigenvalue weighted by molar-refractivity contribution is 0.0981. The number of sulfonamides is 1. The SMILES string of the molecule is Cc1ccc(S(=O)(=O)N(C)c2cc(C(=O)N3c4ccccc4C[C@@H]3C)ccc2C)cc1. The fourth-order valence-electron chi connectivity index (χ4n) is 4.09. The summed E-state index contributed by atoms with van der Waals surface area (Å²) in [5.74, 6) is -0.125. The molecule has 1 heterocycles. The summed E-state index contributed by atoms with van der Waals surface area (Å²) in [7, 11) is -2.22. The number of rotatable bonds is 4. The topological polar surface area (TPSA) is 57.7 Å². The highest BCUT2D eigenvalue weighted by Gasteiger charge is 2.32. The molecule has 0 saturated carbocycles. The minimum Gasteiger partial charge on any atom is -0.305 e. The number of carbonyl (C=O) groups is 1. The number of hydrogen-bond donors (Lipinski definition) is 0. The number of anilines is 2. The lowest BCUT2D eigenvalue weighted by Gasteiger charge is -2.25. The molecule has 0 saturated heterocycles. The third-order valence-electron chi connectivity index (χ3n) is 5.90. The van der Waals surface area contributed by atoms with Crippen molar-refractivity contribution in [3.63, 3.8) is 0 Å². The van der Waals surface area contributed by atoms with Crippen molar-refractivity contribution >= 4 is 27.3 Å². The largest absolute Gasteiger partial charge is 0.305 e. The number of para-hydroxylation sites is 1. The molecule has 0 aromatic heterocycles. The molecular weight excluding hydrogens is 408 g/mol. The van der Waals surface area contributed by atoms with E-state index in [0.29, 0.717) is 11.3 Å². The highest BCUT2D eigenvalue weighted by atomic mass is 32.2. The van der Waals surface area contributed by atoms with Gasteiger partial charge in [-0.25, -0.2) is 8.42 Å². The van der Waals surface area contributed by atoms with E-state index in [4.69, 9.17) is 0 Å². The van der Waals surface area contributed by atoms with Crippen molar-refractivity contribution in [1.82, 2.24) is 0 Å². The predicted molar refractivity (Wildman–Crippen MR) is 124 cm³/mol. The van der Waals surface area contributed by atoms with Crippen molar-refractivity contribution < 1.29 is 13.2 Å². The van der Waals surface area contributed by atoms with Gasteiger partial charge in [-0.3, -0.25) is 9.10 Å². The smallest absolute Gasteiger partial charge is 0.264 e. The van der Waals surface area contributed by atoms with E-state index in [1.165, 1.54) is 11.4 Å². The van der Waals surface area contributed by atoms with Gasteiger partial charge in [0.15, 0.2) is 0 Å². The van der Waals surface area contributed by atoms with E-state index in [-0.39, 0.29) is 16.8 Å². The zero-order valence-electron chi connectivity index (χ0n) is 18.2. The Morgan fingerprint density at radius 3 is 2.39 bits per heavy atom. The maximum absolute atomic E-state index is 13.4. The molecule has 1 aliphatic rings. The second-order valence-electron chi connectivity index (χ2n) is 8.14. The van der Waals surface area contributed by atoms with E-state index in [9.17, 15) is 13.2 Å². The van der Waals surface area contributed by atoms with Gasteiger partial charge in [0.05, 0.1) is 10.6 Å². The van der Waals surface area contributed by atoms with Crippen LogP contribution in [0.4, 0.5) is 11.4 Å². The van der Waals surface area contributed by atoms with Gasteiger partial charge < -0.3 is 4.90 Å². The van der Waals surface area contributed by atoms with Crippen LogP contribution in [0.1, 0.15) is 34.0 Å². The summed E-state index contributed by atoms with van der Waals surface area (Å²) in [5, 5.41) is 0. The summed E-state index contributed by atoms with van der Waals surface area (Å²) < 4.78 is 27.6. The van der Waals surface area contributed by atoms with Crippen molar-refractivity contribution in [2.45, 2.75) is 38.1 Å². The zero-order chi connectivity index (χ0) is 22.3. The summed E-state index contributed by atoms with van der Waals surface area (Å²) in [6.07, 6.45) is 0.808. The molecule has 4 rings (SSSR count). The van der Waals surface area contributed by atoms with E-state index < -0.39 is 10.0 Å². The molecule has 1 aliphatic heterocycles. The van der Waals surface area contributed by atoms with E-state index in [2.05, 4.69) is 0 Å². The Kier molecular flexibility index (Phi) is 5.35. The van der Waals surface area contributed by atoms with Gasteiger partial charge in [-0.1, -0.05) is 42.0 Å². The molecule has 0 N–H and O–H groups in total. The van der Waals surface area contributed by atoms with Crippen molar-refractivity contribution in [3.8, 4) is 0 Å². The molecule has 0 radical (unpaired) electrons. The number of nitrogens with zero attached hydrogens (tertiary/aromatic N) is 2. The van der Waals surface area contributed by atoms with Crippen LogP contribution in [-0.4, -0.2) is 27.4 Å². The normalized spacial score (nSPS) is 15.6. The molecule has 0 unspecified atom stereocenters. The minimum atomic E-state index is -3.74. The Balaban J connectivity index is 1.71. The van der Waals surface area contributed by atoms with Crippen LogP contribution in [0, 0.1) is 13.8 Å². The van der Waals surface area contributed by atoms with Crippen LogP contribution in [0.5, 0.6) is 0 Å². The Bertz CT molecular complexity index is 1250. The van der Waals surface area contributed by atoms with Crippen molar-refractivity contribution in [2.24, 2.45) is 0 Å². The number of amides is 1. The summed E-state index contributed by atoms with van der Waals surface area (Å²) in [6, 6.07) is 20.0. The lowest BCUT2D eigenvalue weighted by atomic mass is 10.1. The predicted octanol–water partition coefficient (Wildman–Crippen LogP) is 4.72. The lowest BCUT2D eigenvalue weighted by Crippen LogP contribution is -2.36. The van der Waals surface area contributed by atoms with E-state index in [1.807, 2.05) is 45.0 Å². The van der Waals surface area contributed by atoms with Crippen LogP contribution in [0.3, 0.4) is 0 Å². The van der Waals surface area contributed by atoms with Gasteiger partial charge in [0, 0.05) is 24.3 Å². The first-order valence-electron chi connectivity index (χ1n) is 10.3. The quantitative estimate of drug-likeness (QED) is 0.597. The second kappa shape index (κ2) is 7.85. The first kappa shape index (κ1) is 21.1. The molecule has 3 aromatic rings. The van der Waals surface area contributed by atoms with Gasteiger partial charge in [0.1, 0.15) is 0 Å². The number of hydrogen-bond acceptors (Lipinski definition) is 3. The molecule has 0 spiro atoms. The highest BCUT2D eigenvalue weighted by molar-refractivity contribution is 7.92. The maximum atomic E-state index is 13.4. The van der Waals surface area contributed by atoms with E-state index in [1.54, 1.807) is 47.4 Å². The summed E-state index contributed by atoms with van der Waals surface area (Å²) in [4.78, 5) is 15.4. The van der Waals surface area contributed by atoms with E-state index in [0.717, 1.165) is 28.8 Å². The van der Waals surface area contributed by atoms with Crippen LogP contribution in [0.25, 0.3) is 0 Å². The third-order valence-corrected chi connectivity index (χ3v) is 7.69. The average Bonchev–Trinajstić information content (AvgIpc) is 3.09. The Morgan fingerprint density at radius 1 is 1.00 bits per heavy atom. The molecule has 3 aromatic carbocycles. The van der Waals surface area contributed by atoms with Crippen LogP contribution in [0.15, 0.2) is 71.6 Å². The average molecular weight is 435 g/mol. The Labute approximate surface area is 184 Å². The molecule has 1 atom stereocenters. The van der Waals surface area contributed by atoms with Crippen LogP contribution in [-0.2, 0) is 16.4 Å². The molecule has 0 bridgehead atoms. The molecule has 1 amide bonds. The number of benzene rings is 3. The van der Waals surface area contributed by atoms with Gasteiger partial charge in [-0.05, 0) is 68.7 Å². The molecule has 5 nitrogen and oxygen atoms in total. The molecular formula is C25H26N2O3S. The molecule has 0 fully saturated rings. The second-order valence-corrected chi connectivity index (χ2v) is 10.1. The molecule has 0 aliphatic carbocycles. The monoisotopic (exact) mass is 434 g/mol. The fraction of sp³-hybridized carbons (Fsp3) is 0.240. The van der Waals surface area contributed by atoms with Crippen molar-refractivity contribution in [3.05, 3.63) is 89.0 Å². The molecule has 160 valence electrons. The fourth-order valence-corrected chi connectivity index (χ4v) is 5.35. The van der Waals surface area contributed by atoms with Gasteiger partial charge in [-0.2, -0.15) is 0 Å². The van der Waals surface area contributed by atoms with Gasteiger partial charge in [-0.15, -0.1) is 0 Å². The molecule has 31 heavy (non-hydrogen) atoms. The Morgan fingerprint density at radius 2 is 1.68 bits per heavy atom.